The number of carbonyl (C=O) groups is 1. The Bertz CT molecular complexity index is 752. The summed E-state index contributed by atoms with van der Waals surface area (Å²) in [6.45, 7) is 2.45. The first-order valence-electron chi connectivity index (χ1n) is 7.09. The normalized spacial score (nSPS) is 12.2. The second-order valence-corrected chi connectivity index (χ2v) is 5.91. The molecule has 0 aliphatic heterocycles. The van der Waals surface area contributed by atoms with Gasteiger partial charge < -0.3 is 10.6 Å². The molecule has 22 heavy (non-hydrogen) atoms. The molecule has 7 heteroatoms. The highest BCUT2D eigenvalue weighted by atomic mass is 32.1. The summed E-state index contributed by atoms with van der Waals surface area (Å²) in [4.78, 5) is 15.9. The lowest BCUT2D eigenvalue weighted by Crippen LogP contribution is -2.38. The van der Waals surface area contributed by atoms with Gasteiger partial charge in [0.05, 0.1) is 6.04 Å². The molecule has 1 atom stereocenters. The number of nitrogens with one attached hydrogen (secondary N) is 3. The fourth-order valence-electron chi connectivity index (χ4n) is 2.28. The molecule has 1 aromatic carbocycles. The number of thiophene rings is 1. The van der Waals surface area contributed by atoms with Gasteiger partial charge in [-0.2, -0.15) is 5.10 Å². The van der Waals surface area contributed by atoms with Crippen molar-refractivity contribution in [1.29, 1.82) is 0 Å². The van der Waals surface area contributed by atoms with Gasteiger partial charge in [-0.05, 0) is 35.7 Å². The van der Waals surface area contributed by atoms with Crippen LogP contribution >= 0.6 is 11.3 Å². The van der Waals surface area contributed by atoms with E-state index in [0.29, 0.717) is 12.4 Å². The first-order chi connectivity index (χ1) is 10.7. The summed E-state index contributed by atoms with van der Waals surface area (Å²) in [5.74, 6) is 0.638. The van der Waals surface area contributed by atoms with Gasteiger partial charge in [0.1, 0.15) is 12.2 Å². The number of rotatable bonds is 5. The van der Waals surface area contributed by atoms with Crippen LogP contribution in [0, 0.1) is 0 Å². The van der Waals surface area contributed by atoms with Crippen molar-refractivity contribution in [1.82, 2.24) is 25.8 Å². The minimum absolute atomic E-state index is 0.204. The third-order valence-corrected chi connectivity index (χ3v) is 4.44. The molecule has 3 aromatic rings. The highest BCUT2D eigenvalue weighted by Crippen LogP contribution is 2.25. The predicted octanol–water partition coefficient (Wildman–Crippen LogP) is 2.62. The van der Waals surface area contributed by atoms with Gasteiger partial charge in [0, 0.05) is 11.2 Å². The van der Waals surface area contributed by atoms with Gasteiger partial charge in [-0.25, -0.2) is 9.78 Å². The number of aromatic nitrogens is 3. The van der Waals surface area contributed by atoms with E-state index >= 15 is 0 Å². The molecule has 3 rings (SSSR count). The van der Waals surface area contributed by atoms with Gasteiger partial charge in [0.25, 0.3) is 0 Å². The van der Waals surface area contributed by atoms with Crippen LogP contribution in [0.25, 0.3) is 10.1 Å². The maximum atomic E-state index is 11.9. The SMILES string of the molecule is C[C@@H](NC(=O)NCCc1csc2ccccc12)c1ncn[nH]1. The number of benzene rings is 1. The number of H-pyrrole nitrogens is 1. The molecule has 0 spiro atoms. The molecule has 2 amide bonds. The van der Waals surface area contributed by atoms with Crippen LogP contribution in [0.5, 0.6) is 0 Å². The van der Waals surface area contributed by atoms with E-state index in [0.717, 1.165) is 6.42 Å². The summed E-state index contributed by atoms with van der Waals surface area (Å²) in [6, 6.07) is 7.90. The van der Waals surface area contributed by atoms with E-state index in [1.165, 1.54) is 22.0 Å². The topological polar surface area (TPSA) is 82.7 Å². The second-order valence-electron chi connectivity index (χ2n) is 5.00. The number of fused-ring (bicyclic) bond motifs is 1. The molecular weight excluding hydrogens is 298 g/mol. The van der Waals surface area contributed by atoms with E-state index in [2.05, 4.69) is 43.3 Å². The number of nitrogens with zero attached hydrogens (tertiary/aromatic N) is 2. The third kappa shape index (κ3) is 3.25. The highest BCUT2D eigenvalue weighted by molar-refractivity contribution is 7.17. The van der Waals surface area contributed by atoms with Crippen LogP contribution in [-0.2, 0) is 6.42 Å². The number of carbonyl (C=O) groups excluding carboxylic acids is 1. The minimum Gasteiger partial charge on any atom is -0.338 e. The predicted molar refractivity (Wildman–Crippen MR) is 86.9 cm³/mol. The van der Waals surface area contributed by atoms with E-state index in [4.69, 9.17) is 0 Å². The Hall–Kier alpha value is -2.41. The average Bonchev–Trinajstić information content (AvgIpc) is 3.17. The smallest absolute Gasteiger partial charge is 0.315 e. The zero-order valence-electron chi connectivity index (χ0n) is 12.2. The van der Waals surface area contributed by atoms with Crippen molar-refractivity contribution in [2.75, 3.05) is 6.54 Å². The number of urea groups is 1. The van der Waals surface area contributed by atoms with Gasteiger partial charge in [-0.1, -0.05) is 18.2 Å². The lowest BCUT2D eigenvalue weighted by atomic mass is 10.1. The molecule has 0 saturated carbocycles. The quantitative estimate of drug-likeness (QED) is 0.677. The van der Waals surface area contributed by atoms with Crippen molar-refractivity contribution in [2.24, 2.45) is 0 Å². The molecule has 6 nitrogen and oxygen atoms in total. The van der Waals surface area contributed by atoms with E-state index in [-0.39, 0.29) is 12.1 Å². The highest BCUT2D eigenvalue weighted by Gasteiger charge is 2.11. The zero-order valence-corrected chi connectivity index (χ0v) is 13.0. The molecule has 0 aliphatic carbocycles. The Morgan fingerprint density at radius 2 is 2.27 bits per heavy atom. The van der Waals surface area contributed by atoms with Crippen molar-refractivity contribution in [3.8, 4) is 0 Å². The summed E-state index contributed by atoms with van der Waals surface area (Å²) in [5.41, 5.74) is 1.27. The van der Waals surface area contributed by atoms with Crippen LogP contribution in [0.3, 0.4) is 0 Å². The molecule has 2 heterocycles. The molecule has 0 radical (unpaired) electrons. The molecule has 0 unspecified atom stereocenters. The van der Waals surface area contributed by atoms with Crippen LogP contribution in [0.1, 0.15) is 24.4 Å². The Labute approximate surface area is 132 Å². The van der Waals surface area contributed by atoms with Crippen molar-refractivity contribution < 1.29 is 4.79 Å². The van der Waals surface area contributed by atoms with E-state index in [1.54, 1.807) is 11.3 Å². The van der Waals surface area contributed by atoms with E-state index in [1.807, 2.05) is 19.1 Å². The molecular formula is C15H17N5OS. The molecule has 3 N–H and O–H groups in total. The second kappa shape index (κ2) is 6.57. The first-order valence-corrected chi connectivity index (χ1v) is 7.97. The summed E-state index contributed by atoms with van der Waals surface area (Å²) in [5, 5.41) is 15.6. The molecule has 0 fully saturated rings. The summed E-state index contributed by atoms with van der Waals surface area (Å²) >= 11 is 1.73. The third-order valence-electron chi connectivity index (χ3n) is 3.43. The van der Waals surface area contributed by atoms with E-state index < -0.39 is 0 Å². The minimum atomic E-state index is -0.205. The van der Waals surface area contributed by atoms with Crippen molar-refractivity contribution >= 4 is 27.5 Å². The van der Waals surface area contributed by atoms with Gasteiger partial charge in [-0.3, -0.25) is 5.10 Å². The lowest BCUT2D eigenvalue weighted by molar-refractivity contribution is 0.237. The van der Waals surface area contributed by atoms with Gasteiger partial charge in [0.15, 0.2) is 0 Å². The molecule has 2 aromatic heterocycles. The number of amides is 2. The maximum absolute atomic E-state index is 11.9. The fourth-order valence-corrected chi connectivity index (χ4v) is 3.27. The van der Waals surface area contributed by atoms with Crippen molar-refractivity contribution in [3.63, 3.8) is 0 Å². The molecule has 0 bridgehead atoms. The monoisotopic (exact) mass is 315 g/mol. The van der Waals surface area contributed by atoms with Crippen LogP contribution in [0.15, 0.2) is 36.0 Å². The number of aromatic amines is 1. The molecule has 0 aliphatic rings. The van der Waals surface area contributed by atoms with Crippen LogP contribution in [0.2, 0.25) is 0 Å². The Balaban J connectivity index is 1.49. The Morgan fingerprint density at radius 1 is 1.41 bits per heavy atom. The van der Waals surface area contributed by atoms with E-state index in [9.17, 15) is 4.79 Å². The number of hydrogen-bond acceptors (Lipinski definition) is 4. The van der Waals surface area contributed by atoms with Crippen LogP contribution < -0.4 is 10.6 Å². The molecule has 0 saturated heterocycles. The summed E-state index contributed by atoms with van der Waals surface area (Å²) in [7, 11) is 0. The standard InChI is InChI=1S/C15H17N5OS/c1-10(14-17-9-18-20-14)19-15(21)16-7-6-11-8-22-13-5-3-2-4-12(11)13/h2-5,8-10H,6-7H2,1H3,(H2,16,19,21)(H,17,18,20)/t10-/m1/s1. The first kappa shape index (κ1) is 14.5. The summed E-state index contributed by atoms with van der Waals surface area (Å²) in [6.07, 6.45) is 2.24. The largest absolute Gasteiger partial charge is 0.338 e. The fraction of sp³-hybridized carbons (Fsp3) is 0.267. The maximum Gasteiger partial charge on any atom is 0.315 e. The zero-order chi connectivity index (χ0) is 15.4. The van der Waals surface area contributed by atoms with Crippen molar-refractivity contribution in [2.45, 2.75) is 19.4 Å². The molecule has 114 valence electrons. The summed E-state index contributed by atoms with van der Waals surface area (Å²) < 4.78 is 1.28. The number of hydrogen-bond donors (Lipinski definition) is 3. The van der Waals surface area contributed by atoms with Crippen LogP contribution in [-0.4, -0.2) is 27.8 Å². The lowest BCUT2D eigenvalue weighted by Gasteiger charge is -2.12. The average molecular weight is 315 g/mol. The Morgan fingerprint density at radius 3 is 3.09 bits per heavy atom. The van der Waals surface area contributed by atoms with Crippen molar-refractivity contribution in [3.05, 3.63) is 47.4 Å². The van der Waals surface area contributed by atoms with Gasteiger partial charge in [0.2, 0.25) is 0 Å². The van der Waals surface area contributed by atoms with Gasteiger partial charge in [-0.15, -0.1) is 11.3 Å². The van der Waals surface area contributed by atoms with Crippen LogP contribution in [0.4, 0.5) is 4.79 Å². The Kier molecular flexibility index (Phi) is 4.34. The van der Waals surface area contributed by atoms with Gasteiger partial charge >= 0.3 is 6.03 Å².